The van der Waals surface area contributed by atoms with Crippen molar-refractivity contribution in [2.24, 2.45) is 4.99 Å². The van der Waals surface area contributed by atoms with Crippen LogP contribution in [0.15, 0.2) is 17.1 Å². The third-order valence-corrected chi connectivity index (χ3v) is 2.76. The first-order valence-corrected chi connectivity index (χ1v) is 7.03. The van der Waals surface area contributed by atoms with Gasteiger partial charge in [-0.15, -0.1) is 0 Å². The molecule has 0 atom stereocenters. The summed E-state index contributed by atoms with van der Waals surface area (Å²) >= 11 is 5.85. The van der Waals surface area contributed by atoms with Crippen LogP contribution in [0.5, 0.6) is 5.75 Å². The van der Waals surface area contributed by atoms with Crippen LogP contribution in [0.2, 0.25) is 5.02 Å². The summed E-state index contributed by atoms with van der Waals surface area (Å²) in [6, 6.07) is 3.21. The van der Waals surface area contributed by atoms with Gasteiger partial charge in [0.05, 0.1) is 18.5 Å². The molecule has 0 aliphatic carbocycles. The number of nitrogens with two attached hydrogens (primary N) is 1. The van der Waals surface area contributed by atoms with E-state index in [0.29, 0.717) is 22.0 Å². The average molecular weight is 298 g/mol. The quantitative estimate of drug-likeness (QED) is 0.631. The number of nitrogen functional groups attached to an aromatic ring is 1. The van der Waals surface area contributed by atoms with Crippen LogP contribution in [0, 0.1) is 5.41 Å². The molecular weight excluding hydrogens is 274 g/mol. The van der Waals surface area contributed by atoms with Crippen molar-refractivity contribution in [3.8, 4) is 5.75 Å². The first-order chi connectivity index (χ1) is 9.51. The Kier molecular flexibility index (Phi) is 9.47. The van der Waals surface area contributed by atoms with Gasteiger partial charge in [-0.05, 0) is 12.1 Å². The van der Waals surface area contributed by atoms with Crippen molar-refractivity contribution in [2.45, 2.75) is 33.1 Å². The zero-order valence-electron chi connectivity index (χ0n) is 12.7. The topological polar surface area (TPSA) is 71.5 Å². The molecule has 5 heteroatoms. The van der Waals surface area contributed by atoms with Crippen LogP contribution >= 0.6 is 11.6 Å². The van der Waals surface area contributed by atoms with Gasteiger partial charge >= 0.3 is 0 Å². The van der Waals surface area contributed by atoms with Crippen LogP contribution in [0.1, 0.15) is 38.7 Å². The van der Waals surface area contributed by atoms with Gasteiger partial charge in [0, 0.05) is 23.8 Å². The summed E-state index contributed by atoms with van der Waals surface area (Å²) in [7, 11) is 3.09. The van der Waals surface area contributed by atoms with Crippen molar-refractivity contribution in [3.05, 3.63) is 22.7 Å². The summed E-state index contributed by atoms with van der Waals surface area (Å²) in [6.07, 6.45) is 5.49. The van der Waals surface area contributed by atoms with Gasteiger partial charge in [0.25, 0.3) is 0 Å². The number of nitrogens with zero attached hydrogens (tertiary/aromatic N) is 1. The highest BCUT2D eigenvalue weighted by Gasteiger charge is 2.11. The van der Waals surface area contributed by atoms with E-state index >= 15 is 0 Å². The summed E-state index contributed by atoms with van der Waals surface area (Å²) in [5, 5.41) is 8.19. The molecule has 0 spiro atoms. The number of anilines is 1. The Bertz CT molecular complexity index is 457. The van der Waals surface area contributed by atoms with Crippen molar-refractivity contribution in [3.63, 3.8) is 0 Å². The zero-order chi connectivity index (χ0) is 15.5. The molecule has 0 saturated heterocycles. The van der Waals surface area contributed by atoms with E-state index in [2.05, 4.69) is 18.8 Å². The highest BCUT2D eigenvalue weighted by Crippen LogP contribution is 2.30. The zero-order valence-corrected chi connectivity index (χ0v) is 13.4. The second-order valence-electron chi connectivity index (χ2n) is 4.23. The van der Waals surface area contributed by atoms with Gasteiger partial charge in [-0.25, -0.2) is 0 Å². The molecule has 1 aromatic rings. The highest BCUT2D eigenvalue weighted by molar-refractivity contribution is 6.39. The molecule has 0 aromatic heterocycles. The molecule has 0 amide bonds. The molecule has 0 saturated carbocycles. The fraction of sp³-hybridized carbons (Fsp3) is 0.467. The van der Waals surface area contributed by atoms with E-state index in [4.69, 9.17) is 27.5 Å². The molecule has 1 rings (SSSR count). The normalized spacial score (nSPS) is 10.1. The lowest BCUT2D eigenvalue weighted by Crippen LogP contribution is -2.05. The molecule has 0 bridgehead atoms. The van der Waals surface area contributed by atoms with Crippen LogP contribution in [0.3, 0.4) is 0 Å². The van der Waals surface area contributed by atoms with E-state index in [0.717, 1.165) is 0 Å². The lowest BCUT2D eigenvalue weighted by Gasteiger charge is -2.10. The van der Waals surface area contributed by atoms with Crippen molar-refractivity contribution < 1.29 is 4.74 Å². The predicted octanol–water partition coefficient (Wildman–Crippen LogP) is 4.20. The van der Waals surface area contributed by atoms with E-state index in [1.54, 1.807) is 19.2 Å². The number of nitrogens with one attached hydrogen (secondary N) is 1. The molecule has 4 nitrogen and oxygen atoms in total. The Morgan fingerprint density at radius 3 is 2.40 bits per heavy atom. The molecule has 1 aromatic carbocycles. The third-order valence-electron chi connectivity index (χ3n) is 2.54. The lowest BCUT2D eigenvalue weighted by molar-refractivity contribution is 0.416. The Morgan fingerprint density at radius 2 is 2.00 bits per heavy atom. The Hall–Kier alpha value is -1.55. The van der Waals surface area contributed by atoms with Gasteiger partial charge < -0.3 is 10.5 Å². The molecule has 0 aliphatic rings. The molecule has 0 fully saturated rings. The first kappa shape index (κ1) is 18.4. The minimum absolute atomic E-state index is 0.212. The second kappa shape index (κ2) is 10.3. The first-order valence-electron chi connectivity index (χ1n) is 6.65. The van der Waals surface area contributed by atoms with Crippen molar-refractivity contribution in [2.75, 3.05) is 19.9 Å². The molecule has 0 heterocycles. The van der Waals surface area contributed by atoms with E-state index in [9.17, 15) is 0 Å². The molecule has 3 N–H and O–H groups in total. The average Bonchev–Trinajstić information content (AvgIpc) is 2.40. The maximum Gasteiger partial charge on any atom is 0.151 e. The van der Waals surface area contributed by atoms with Crippen molar-refractivity contribution >= 4 is 29.2 Å². The van der Waals surface area contributed by atoms with E-state index in [1.165, 1.54) is 32.6 Å². The van der Waals surface area contributed by atoms with Gasteiger partial charge in [0.15, 0.2) is 5.75 Å². The third kappa shape index (κ3) is 6.06. The standard InChI is InChI=1S/C10H12ClN3O.C5H12/c1-14-5-9(13)7-3-6(11)4-8(12)10(7)15-2;1-3-5-4-2/h3-5,13H,12H2,1-2H3;3-5H2,1-2H3. The molecule has 0 aliphatic heterocycles. The molecule has 0 unspecified atom stereocenters. The largest absolute Gasteiger partial charge is 0.494 e. The Balaban J connectivity index is 0.000000621. The minimum atomic E-state index is 0.212. The number of hydrogen-bond acceptors (Lipinski definition) is 4. The summed E-state index contributed by atoms with van der Waals surface area (Å²) in [5.41, 5.74) is 6.87. The van der Waals surface area contributed by atoms with E-state index < -0.39 is 0 Å². The fourth-order valence-electron chi connectivity index (χ4n) is 1.59. The number of halogens is 1. The van der Waals surface area contributed by atoms with Crippen LogP contribution in [0.25, 0.3) is 0 Å². The smallest absolute Gasteiger partial charge is 0.151 e. The maximum atomic E-state index is 7.72. The highest BCUT2D eigenvalue weighted by atomic mass is 35.5. The number of rotatable bonds is 5. The molecular formula is C15H24ClN3O. The second-order valence-corrected chi connectivity index (χ2v) is 4.67. The van der Waals surface area contributed by atoms with Gasteiger partial charge in [0.1, 0.15) is 0 Å². The molecule has 0 radical (unpaired) electrons. The number of aliphatic imine (C=N–C) groups is 1. The number of benzene rings is 1. The van der Waals surface area contributed by atoms with Gasteiger partial charge in [-0.2, -0.15) is 0 Å². The number of unbranched alkanes of at least 4 members (excludes halogenated alkanes) is 2. The van der Waals surface area contributed by atoms with Gasteiger partial charge in [-0.1, -0.05) is 44.7 Å². The van der Waals surface area contributed by atoms with Gasteiger partial charge in [-0.3, -0.25) is 10.4 Å². The van der Waals surface area contributed by atoms with E-state index in [-0.39, 0.29) is 5.71 Å². The fourth-order valence-corrected chi connectivity index (χ4v) is 1.82. The number of hydrogen-bond donors (Lipinski definition) is 2. The van der Waals surface area contributed by atoms with Crippen LogP contribution in [0.4, 0.5) is 5.69 Å². The molecule has 112 valence electrons. The summed E-state index contributed by atoms with van der Waals surface area (Å²) in [4.78, 5) is 3.76. The van der Waals surface area contributed by atoms with Crippen LogP contribution in [-0.4, -0.2) is 26.1 Å². The summed E-state index contributed by atoms with van der Waals surface area (Å²) in [5.74, 6) is 0.448. The van der Waals surface area contributed by atoms with Crippen molar-refractivity contribution in [1.82, 2.24) is 0 Å². The lowest BCUT2D eigenvalue weighted by atomic mass is 10.1. The SMILES string of the molecule is CCCCC.CN=CC(=N)c1cc(Cl)cc(N)c1OC. The van der Waals surface area contributed by atoms with Crippen LogP contribution in [-0.2, 0) is 0 Å². The monoisotopic (exact) mass is 297 g/mol. The number of methoxy groups -OCH3 is 1. The predicted molar refractivity (Wildman–Crippen MR) is 88.9 cm³/mol. The van der Waals surface area contributed by atoms with Gasteiger partial charge in [0.2, 0.25) is 0 Å². The Labute approximate surface area is 126 Å². The van der Waals surface area contributed by atoms with E-state index in [1.807, 2.05) is 0 Å². The number of ether oxygens (including phenoxy) is 1. The summed E-state index contributed by atoms with van der Waals surface area (Å²) in [6.45, 7) is 4.42. The Morgan fingerprint density at radius 1 is 1.40 bits per heavy atom. The molecule has 20 heavy (non-hydrogen) atoms. The summed E-state index contributed by atoms with van der Waals surface area (Å²) < 4.78 is 5.11. The minimum Gasteiger partial charge on any atom is -0.494 e. The maximum absolute atomic E-state index is 7.72. The van der Waals surface area contributed by atoms with Crippen molar-refractivity contribution in [1.29, 1.82) is 5.41 Å². The van der Waals surface area contributed by atoms with Crippen LogP contribution < -0.4 is 10.5 Å².